The van der Waals surface area contributed by atoms with Crippen molar-refractivity contribution in [1.29, 1.82) is 5.41 Å². The standard InChI is InChI=1S/C42H67N3O7/c1-30(22-16-13-14-21-27-45(7)42(43)44)23-17-15-18-24-31(2)28-34(5)40(52-41-39(50)38(49)37(48)36(29-46)51-41)33(4)26-20-12-10-8-9-11-19-25-32(3)35(6)47/h8-13,16-17,19-20,23,25-26,28,30-31,33,36-41,46,48-50H,14-15,18,21-22,24,27,29H2,1-7H3,(H3,43,44)/b9-8+,12-10+,16-13+,19-11+,23-17+,26-20+,32-25+,34-28+. The van der Waals surface area contributed by atoms with Gasteiger partial charge in [0, 0.05) is 19.5 Å². The van der Waals surface area contributed by atoms with E-state index in [2.05, 4.69) is 44.2 Å². The van der Waals surface area contributed by atoms with E-state index < -0.39 is 43.4 Å². The normalized spacial score (nSPS) is 24.6. The Labute approximate surface area is 313 Å². The third kappa shape index (κ3) is 18.9. The summed E-state index contributed by atoms with van der Waals surface area (Å²) in [5.74, 6) is 0.712. The predicted molar refractivity (Wildman–Crippen MR) is 211 cm³/mol. The number of ketones is 1. The molecule has 292 valence electrons. The van der Waals surface area contributed by atoms with E-state index >= 15 is 0 Å². The fourth-order valence-corrected chi connectivity index (χ4v) is 5.54. The number of hydrogen-bond acceptors (Lipinski definition) is 8. The van der Waals surface area contributed by atoms with Crippen molar-refractivity contribution in [2.75, 3.05) is 20.2 Å². The average molecular weight is 726 g/mol. The molecule has 1 saturated heterocycles. The van der Waals surface area contributed by atoms with Gasteiger partial charge in [0.1, 0.15) is 24.4 Å². The molecule has 10 heteroatoms. The number of aliphatic hydroxyl groups is 4. The SMILES string of the molecule is CC(=O)/C(C)=C/C=C/C=C/C=C/C=C/C(C)C(OC1OC(CO)C(O)C(O)C1O)/C(C)=C/C(C)CCC/C=C/C(C)C/C=C/CCCN(C)C(=N)N. The van der Waals surface area contributed by atoms with E-state index in [0.717, 1.165) is 50.6 Å². The number of carbonyl (C=O) groups is 1. The van der Waals surface area contributed by atoms with Gasteiger partial charge in [0.2, 0.25) is 0 Å². The molecule has 0 aliphatic carbocycles. The third-order valence-corrected chi connectivity index (χ3v) is 9.03. The fourth-order valence-electron chi connectivity index (χ4n) is 5.54. The van der Waals surface area contributed by atoms with Crippen molar-refractivity contribution in [1.82, 2.24) is 4.90 Å². The molecule has 1 fully saturated rings. The van der Waals surface area contributed by atoms with Gasteiger partial charge < -0.3 is 40.5 Å². The summed E-state index contributed by atoms with van der Waals surface area (Å²) in [6.07, 6.45) is 26.7. The first-order valence-corrected chi connectivity index (χ1v) is 18.6. The van der Waals surface area contributed by atoms with Crippen LogP contribution in [0.1, 0.15) is 80.1 Å². The molecular formula is C42H67N3O7. The zero-order chi connectivity index (χ0) is 39.1. The van der Waals surface area contributed by atoms with Gasteiger partial charge in [-0.15, -0.1) is 0 Å². The molecule has 9 unspecified atom stereocenters. The number of aliphatic hydroxyl groups excluding tert-OH is 4. The second-order valence-corrected chi connectivity index (χ2v) is 13.9. The minimum absolute atomic E-state index is 0.0408. The number of Topliss-reactive ketones (excluding diaryl/α,β-unsaturated/α-hetero) is 1. The van der Waals surface area contributed by atoms with E-state index in [4.69, 9.17) is 20.6 Å². The summed E-state index contributed by atoms with van der Waals surface area (Å²) in [5.41, 5.74) is 7.12. The van der Waals surface area contributed by atoms with Crippen LogP contribution >= 0.6 is 0 Å². The first-order chi connectivity index (χ1) is 24.7. The van der Waals surface area contributed by atoms with Crippen LogP contribution in [0.15, 0.2) is 96.2 Å². The Morgan fingerprint density at radius 1 is 0.865 bits per heavy atom. The molecule has 7 N–H and O–H groups in total. The molecule has 0 aromatic carbocycles. The van der Waals surface area contributed by atoms with Crippen molar-refractivity contribution in [3.63, 3.8) is 0 Å². The number of hydrogen-bond donors (Lipinski definition) is 6. The van der Waals surface area contributed by atoms with Crippen LogP contribution in [0.4, 0.5) is 0 Å². The fraction of sp³-hybridized carbons (Fsp3) is 0.571. The van der Waals surface area contributed by atoms with Crippen molar-refractivity contribution >= 4 is 11.7 Å². The molecule has 9 atom stereocenters. The Bertz CT molecular complexity index is 1300. The first-order valence-electron chi connectivity index (χ1n) is 18.6. The highest BCUT2D eigenvalue weighted by Gasteiger charge is 2.45. The molecule has 0 aromatic rings. The number of nitrogens with two attached hydrogens (primary N) is 1. The molecule has 0 radical (unpaired) electrons. The van der Waals surface area contributed by atoms with E-state index in [1.165, 1.54) is 6.92 Å². The number of ether oxygens (including phenoxy) is 2. The van der Waals surface area contributed by atoms with Gasteiger partial charge >= 0.3 is 0 Å². The molecule has 1 heterocycles. The number of allylic oxidation sites excluding steroid dienone is 14. The van der Waals surface area contributed by atoms with Crippen LogP contribution in [0.2, 0.25) is 0 Å². The van der Waals surface area contributed by atoms with E-state index in [-0.39, 0.29) is 23.6 Å². The van der Waals surface area contributed by atoms with E-state index in [1.807, 2.05) is 69.5 Å². The van der Waals surface area contributed by atoms with Crippen LogP contribution in [0.25, 0.3) is 0 Å². The molecule has 1 rings (SSSR count). The highest BCUT2D eigenvalue weighted by molar-refractivity contribution is 5.92. The van der Waals surface area contributed by atoms with Crippen LogP contribution in [-0.2, 0) is 14.3 Å². The van der Waals surface area contributed by atoms with Gasteiger partial charge in [-0.25, -0.2) is 0 Å². The highest BCUT2D eigenvalue weighted by atomic mass is 16.7. The topological polar surface area (TPSA) is 170 Å². The van der Waals surface area contributed by atoms with Crippen LogP contribution in [0.5, 0.6) is 0 Å². The molecule has 10 nitrogen and oxygen atoms in total. The summed E-state index contributed by atoms with van der Waals surface area (Å²) in [6.45, 7) is 11.9. The summed E-state index contributed by atoms with van der Waals surface area (Å²) in [5, 5.41) is 48.4. The van der Waals surface area contributed by atoms with Crippen molar-refractivity contribution in [2.24, 2.45) is 23.5 Å². The summed E-state index contributed by atoms with van der Waals surface area (Å²) in [7, 11) is 1.83. The Morgan fingerprint density at radius 2 is 1.50 bits per heavy atom. The summed E-state index contributed by atoms with van der Waals surface area (Å²) < 4.78 is 12.0. The van der Waals surface area contributed by atoms with E-state index in [0.29, 0.717) is 11.5 Å². The number of carbonyl (C=O) groups excluding carboxylic acids is 1. The van der Waals surface area contributed by atoms with E-state index in [1.54, 1.807) is 17.9 Å². The maximum Gasteiger partial charge on any atom is 0.188 e. The quantitative estimate of drug-likeness (QED) is 0.0183. The Kier molecular flexibility index (Phi) is 23.7. The van der Waals surface area contributed by atoms with Crippen LogP contribution in [0.3, 0.4) is 0 Å². The zero-order valence-corrected chi connectivity index (χ0v) is 32.5. The zero-order valence-electron chi connectivity index (χ0n) is 32.5. The molecule has 0 saturated carbocycles. The molecule has 52 heavy (non-hydrogen) atoms. The van der Waals surface area contributed by atoms with Gasteiger partial charge in [-0.3, -0.25) is 10.2 Å². The van der Waals surface area contributed by atoms with Crippen LogP contribution in [-0.4, -0.2) is 94.1 Å². The predicted octanol–water partition coefficient (Wildman–Crippen LogP) is 6.06. The van der Waals surface area contributed by atoms with Crippen LogP contribution in [0, 0.1) is 23.2 Å². The minimum Gasteiger partial charge on any atom is -0.394 e. The van der Waals surface area contributed by atoms with Crippen molar-refractivity contribution in [2.45, 2.75) is 117 Å². The Balaban J connectivity index is 2.83. The van der Waals surface area contributed by atoms with Gasteiger partial charge in [-0.1, -0.05) is 106 Å². The van der Waals surface area contributed by atoms with Gasteiger partial charge in [-0.2, -0.15) is 0 Å². The maximum atomic E-state index is 11.3. The number of nitrogens with one attached hydrogen (secondary N) is 1. The molecule has 0 aromatic heterocycles. The minimum atomic E-state index is -1.52. The van der Waals surface area contributed by atoms with Gasteiger partial charge in [0.15, 0.2) is 18.0 Å². The lowest BCUT2D eigenvalue weighted by atomic mass is 9.92. The van der Waals surface area contributed by atoms with Gasteiger partial charge in [0.05, 0.1) is 12.7 Å². The number of unbranched alkanes of at least 4 members (excludes halogenated alkanes) is 2. The maximum absolute atomic E-state index is 11.3. The van der Waals surface area contributed by atoms with Crippen molar-refractivity contribution < 1.29 is 34.7 Å². The molecule has 0 amide bonds. The van der Waals surface area contributed by atoms with Crippen LogP contribution < -0.4 is 5.73 Å². The smallest absolute Gasteiger partial charge is 0.188 e. The molecule has 1 aliphatic heterocycles. The largest absolute Gasteiger partial charge is 0.394 e. The van der Waals surface area contributed by atoms with Gasteiger partial charge in [-0.05, 0) is 82.3 Å². The highest BCUT2D eigenvalue weighted by Crippen LogP contribution is 2.28. The summed E-state index contributed by atoms with van der Waals surface area (Å²) in [4.78, 5) is 13.0. The Morgan fingerprint density at radius 3 is 2.13 bits per heavy atom. The van der Waals surface area contributed by atoms with Crippen molar-refractivity contribution in [3.05, 3.63) is 96.2 Å². The summed E-state index contributed by atoms with van der Waals surface area (Å²) >= 11 is 0. The second-order valence-electron chi connectivity index (χ2n) is 13.9. The molecule has 1 aliphatic rings. The lowest BCUT2D eigenvalue weighted by Crippen LogP contribution is -2.60. The average Bonchev–Trinajstić information content (AvgIpc) is 3.10. The third-order valence-electron chi connectivity index (χ3n) is 9.03. The molecule has 0 bridgehead atoms. The summed E-state index contributed by atoms with van der Waals surface area (Å²) in [6, 6.07) is 0. The van der Waals surface area contributed by atoms with Crippen molar-refractivity contribution in [3.8, 4) is 0 Å². The number of nitrogens with zero attached hydrogens (tertiary/aromatic N) is 1. The Hall–Kier alpha value is -3.38. The number of guanidine groups is 1. The lowest BCUT2D eigenvalue weighted by Gasteiger charge is -2.41. The lowest BCUT2D eigenvalue weighted by molar-refractivity contribution is -0.310. The number of rotatable bonds is 23. The molecular weight excluding hydrogens is 658 g/mol. The van der Waals surface area contributed by atoms with Gasteiger partial charge in [0.25, 0.3) is 0 Å². The van der Waals surface area contributed by atoms with E-state index in [9.17, 15) is 25.2 Å². The monoisotopic (exact) mass is 725 g/mol. The second kappa shape index (κ2) is 26.4. The molecule has 0 spiro atoms. The first kappa shape index (κ1) is 46.6.